The summed E-state index contributed by atoms with van der Waals surface area (Å²) in [6.07, 6.45) is 1.72. The highest BCUT2D eigenvalue weighted by molar-refractivity contribution is 5.94. The van der Waals surface area contributed by atoms with Crippen molar-refractivity contribution in [1.29, 1.82) is 0 Å². The van der Waals surface area contributed by atoms with E-state index < -0.39 is 0 Å². The van der Waals surface area contributed by atoms with Crippen molar-refractivity contribution in [2.24, 2.45) is 0 Å². The summed E-state index contributed by atoms with van der Waals surface area (Å²) in [6.45, 7) is 7.17. The van der Waals surface area contributed by atoms with E-state index in [0.717, 1.165) is 18.5 Å². The zero-order chi connectivity index (χ0) is 19.4. The Bertz CT molecular complexity index is 800. The second kappa shape index (κ2) is 8.24. The van der Waals surface area contributed by atoms with Gasteiger partial charge >= 0.3 is 6.03 Å². The molecular weight excluding hydrogens is 342 g/mol. The fourth-order valence-electron chi connectivity index (χ4n) is 3.38. The molecule has 0 saturated carbocycles. The van der Waals surface area contributed by atoms with Crippen molar-refractivity contribution in [3.63, 3.8) is 0 Å². The summed E-state index contributed by atoms with van der Waals surface area (Å²) < 4.78 is 1.79. The molecule has 0 bridgehead atoms. The van der Waals surface area contributed by atoms with Crippen LogP contribution >= 0.6 is 0 Å². The van der Waals surface area contributed by atoms with E-state index in [-0.39, 0.29) is 24.0 Å². The molecule has 0 radical (unpaired) electrons. The Morgan fingerprint density at radius 3 is 2.67 bits per heavy atom. The predicted molar refractivity (Wildman–Crippen MR) is 105 cm³/mol. The molecule has 0 spiro atoms. The van der Waals surface area contributed by atoms with Gasteiger partial charge in [-0.2, -0.15) is 5.10 Å². The Labute approximate surface area is 159 Å². The van der Waals surface area contributed by atoms with E-state index in [2.05, 4.69) is 15.7 Å². The molecule has 3 rings (SSSR count). The number of nitrogens with one attached hydrogen (secondary N) is 2. The number of aromatic nitrogens is 2. The van der Waals surface area contributed by atoms with Crippen LogP contribution in [0, 0.1) is 6.92 Å². The van der Waals surface area contributed by atoms with Crippen LogP contribution in [0.1, 0.15) is 48.8 Å². The van der Waals surface area contributed by atoms with Gasteiger partial charge in [-0.15, -0.1) is 0 Å². The van der Waals surface area contributed by atoms with Crippen LogP contribution in [0.4, 0.5) is 10.6 Å². The van der Waals surface area contributed by atoms with Gasteiger partial charge in [-0.25, -0.2) is 9.48 Å². The maximum absolute atomic E-state index is 12.6. The monoisotopic (exact) mass is 369 g/mol. The Hall–Kier alpha value is -2.83. The number of amides is 3. The van der Waals surface area contributed by atoms with Gasteiger partial charge < -0.3 is 10.2 Å². The Kier molecular flexibility index (Phi) is 5.78. The molecule has 1 aliphatic heterocycles. The maximum Gasteiger partial charge on any atom is 0.320 e. The smallest absolute Gasteiger partial charge is 0.320 e. The molecule has 1 fully saturated rings. The Morgan fingerprint density at radius 1 is 1.22 bits per heavy atom. The van der Waals surface area contributed by atoms with Gasteiger partial charge in [0.2, 0.25) is 0 Å². The molecule has 0 aliphatic carbocycles. The molecule has 1 atom stereocenters. The summed E-state index contributed by atoms with van der Waals surface area (Å²) in [5.41, 5.74) is 1.54. The lowest BCUT2D eigenvalue weighted by Crippen LogP contribution is -2.50. The van der Waals surface area contributed by atoms with Crippen molar-refractivity contribution in [3.8, 4) is 0 Å². The van der Waals surface area contributed by atoms with Crippen LogP contribution in [0.15, 0.2) is 36.4 Å². The molecule has 2 aromatic rings. The molecule has 1 aromatic carbocycles. The highest BCUT2D eigenvalue weighted by Gasteiger charge is 2.25. The number of carbonyl (C=O) groups excluding carboxylic acids is 2. The summed E-state index contributed by atoms with van der Waals surface area (Å²) in [6, 6.07) is 10.9. The van der Waals surface area contributed by atoms with Gasteiger partial charge in [0.15, 0.2) is 0 Å². The molecule has 1 aliphatic rings. The van der Waals surface area contributed by atoms with E-state index in [0.29, 0.717) is 24.5 Å². The zero-order valence-corrected chi connectivity index (χ0v) is 16.1. The standard InChI is InChI=1S/C20H27N5O2/c1-14(2)25-18(12-15(3)23-25)22-20(27)21-17-10-7-11-24(13-17)19(26)16-8-5-4-6-9-16/h4-6,8-9,12,14,17H,7,10-11,13H2,1-3H3,(H2,21,22,27)/t17-/m0/s1. The number of aryl methyl sites for hydroxylation is 1. The maximum atomic E-state index is 12.6. The second-order valence-corrected chi connectivity index (χ2v) is 7.26. The Morgan fingerprint density at radius 2 is 1.96 bits per heavy atom. The second-order valence-electron chi connectivity index (χ2n) is 7.26. The van der Waals surface area contributed by atoms with Crippen molar-refractivity contribution >= 4 is 17.8 Å². The first-order chi connectivity index (χ1) is 12.9. The van der Waals surface area contributed by atoms with Crippen molar-refractivity contribution in [1.82, 2.24) is 20.0 Å². The lowest BCUT2D eigenvalue weighted by molar-refractivity contribution is 0.0698. The van der Waals surface area contributed by atoms with Gasteiger partial charge in [-0.05, 0) is 45.7 Å². The van der Waals surface area contributed by atoms with Gasteiger partial charge in [0.25, 0.3) is 5.91 Å². The van der Waals surface area contributed by atoms with Gasteiger partial charge in [0, 0.05) is 36.8 Å². The van der Waals surface area contributed by atoms with Gasteiger partial charge in [0.1, 0.15) is 5.82 Å². The average molecular weight is 369 g/mol. The van der Waals surface area contributed by atoms with Crippen LogP contribution in [0.5, 0.6) is 0 Å². The molecule has 7 nitrogen and oxygen atoms in total. The molecule has 1 saturated heterocycles. The van der Waals surface area contributed by atoms with Crippen LogP contribution in [-0.2, 0) is 0 Å². The minimum Gasteiger partial charge on any atom is -0.337 e. The van der Waals surface area contributed by atoms with Gasteiger partial charge in [0.05, 0.1) is 5.69 Å². The van der Waals surface area contributed by atoms with Crippen LogP contribution in [0.3, 0.4) is 0 Å². The van der Waals surface area contributed by atoms with Gasteiger partial charge in [-0.3, -0.25) is 10.1 Å². The molecule has 3 amide bonds. The van der Waals surface area contributed by atoms with Crippen molar-refractivity contribution in [3.05, 3.63) is 47.7 Å². The normalized spacial score (nSPS) is 17.0. The summed E-state index contributed by atoms with van der Waals surface area (Å²) in [5.74, 6) is 0.684. The van der Waals surface area contributed by atoms with Crippen LogP contribution < -0.4 is 10.6 Å². The van der Waals surface area contributed by atoms with E-state index in [1.54, 1.807) is 4.68 Å². The highest BCUT2D eigenvalue weighted by Crippen LogP contribution is 2.17. The van der Waals surface area contributed by atoms with Crippen LogP contribution in [-0.4, -0.2) is 45.8 Å². The molecule has 0 unspecified atom stereocenters. The third-order valence-electron chi connectivity index (χ3n) is 4.65. The van der Waals surface area contributed by atoms with Crippen molar-refractivity contribution in [2.75, 3.05) is 18.4 Å². The van der Waals surface area contributed by atoms with E-state index in [1.165, 1.54) is 0 Å². The zero-order valence-electron chi connectivity index (χ0n) is 16.1. The minimum atomic E-state index is -0.268. The number of likely N-dealkylation sites (tertiary alicyclic amines) is 1. The molecule has 27 heavy (non-hydrogen) atoms. The first-order valence-corrected chi connectivity index (χ1v) is 9.42. The first-order valence-electron chi connectivity index (χ1n) is 9.42. The van der Waals surface area contributed by atoms with E-state index in [1.807, 2.05) is 62.1 Å². The average Bonchev–Trinajstić information content (AvgIpc) is 3.02. The van der Waals surface area contributed by atoms with Crippen LogP contribution in [0.2, 0.25) is 0 Å². The largest absolute Gasteiger partial charge is 0.337 e. The fraction of sp³-hybridized carbons (Fsp3) is 0.450. The summed E-state index contributed by atoms with van der Waals surface area (Å²) in [5, 5.41) is 10.3. The number of nitrogens with zero attached hydrogens (tertiary/aromatic N) is 3. The summed E-state index contributed by atoms with van der Waals surface area (Å²) in [7, 11) is 0. The molecular formula is C20H27N5O2. The molecule has 2 heterocycles. The van der Waals surface area contributed by atoms with E-state index in [9.17, 15) is 9.59 Å². The van der Waals surface area contributed by atoms with E-state index in [4.69, 9.17) is 0 Å². The third-order valence-corrected chi connectivity index (χ3v) is 4.65. The fourth-order valence-corrected chi connectivity index (χ4v) is 3.38. The number of rotatable bonds is 4. The van der Waals surface area contributed by atoms with Crippen molar-refractivity contribution in [2.45, 2.75) is 45.7 Å². The number of piperidine rings is 1. The van der Waals surface area contributed by atoms with Gasteiger partial charge in [-0.1, -0.05) is 18.2 Å². The lowest BCUT2D eigenvalue weighted by atomic mass is 10.0. The predicted octanol–water partition coefficient (Wildman–Crippen LogP) is 3.20. The highest BCUT2D eigenvalue weighted by atomic mass is 16.2. The number of hydrogen-bond acceptors (Lipinski definition) is 3. The van der Waals surface area contributed by atoms with E-state index >= 15 is 0 Å². The molecule has 144 valence electrons. The quantitative estimate of drug-likeness (QED) is 0.869. The summed E-state index contributed by atoms with van der Waals surface area (Å²) in [4.78, 5) is 26.9. The number of hydrogen-bond donors (Lipinski definition) is 2. The topological polar surface area (TPSA) is 79.3 Å². The van der Waals surface area contributed by atoms with Crippen LogP contribution in [0.25, 0.3) is 0 Å². The first kappa shape index (κ1) is 18.9. The lowest BCUT2D eigenvalue weighted by Gasteiger charge is -2.33. The number of carbonyl (C=O) groups is 2. The third kappa shape index (κ3) is 4.67. The number of urea groups is 1. The summed E-state index contributed by atoms with van der Waals surface area (Å²) >= 11 is 0. The SMILES string of the molecule is Cc1cc(NC(=O)N[C@H]2CCCN(C(=O)c3ccccc3)C2)n(C(C)C)n1. The molecule has 7 heteroatoms. The number of benzene rings is 1. The minimum absolute atomic E-state index is 0.0102. The number of anilines is 1. The molecule has 1 aromatic heterocycles. The molecule has 2 N–H and O–H groups in total. The Balaban J connectivity index is 1.59. The van der Waals surface area contributed by atoms with Crippen molar-refractivity contribution < 1.29 is 9.59 Å².